The zero-order valence-corrected chi connectivity index (χ0v) is 6.32. The number of hydrogen-bond donors (Lipinski definition) is 1. The SMILES string of the molecule is O[C@@H](CCl)c1cccs1. The van der Waals surface area contributed by atoms with Gasteiger partial charge in [0.1, 0.15) is 6.10 Å². The van der Waals surface area contributed by atoms with Crippen molar-refractivity contribution in [1.82, 2.24) is 0 Å². The van der Waals surface area contributed by atoms with Gasteiger partial charge in [0.2, 0.25) is 0 Å². The number of rotatable bonds is 2. The van der Waals surface area contributed by atoms with Crippen LogP contribution in [0.5, 0.6) is 0 Å². The van der Waals surface area contributed by atoms with Crippen LogP contribution in [-0.4, -0.2) is 11.0 Å². The molecule has 0 aliphatic carbocycles. The van der Waals surface area contributed by atoms with Crippen LogP contribution in [-0.2, 0) is 0 Å². The van der Waals surface area contributed by atoms with Gasteiger partial charge in [0.15, 0.2) is 0 Å². The van der Waals surface area contributed by atoms with Gasteiger partial charge >= 0.3 is 0 Å². The number of hydrogen-bond acceptors (Lipinski definition) is 2. The summed E-state index contributed by atoms with van der Waals surface area (Å²) >= 11 is 6.92. The lowest BCUT2D eigenvalue weighted by molar-refractivity contribution is 0.206. The molecule has 1 aromatic heterocycles. The minimum atomic E-state index is -0.480. The van der Waals surface area contributed by atoms with Crippen molar-refractivity contribution in [2.45, 2.75) is 6.10 Å². The third-order valence-corrected chi connectivity index (χ3v) is 2.28. The molecule has 1 N–H and O–H groups in total. The van der Waals surface area contributed by atoms with Gasteiger partial charge in [-0.1, -0.05) is 6.07 Å². The van der Waals surface area contributed by atoms with Crippen molar-refractivity contribution in [2.75, 3.05) is 5.88 Å². The fourth-order valence-corrected chi connectivity index (χ4v) is 1.53. The van der Waals surface area contributed by atoms with Crippen LogP contribution in [0.3, 0.4) is 0 Å². The van der Waals surface area contributed by atoms with E-state index in [2.05, 4.69) is 0 Å². The summed E-state index contributed by atoms with van der Waals surface area (Å²) in [7, 11) is 0. The third-order valence-electron chi connectivity index (χ3n) is 1.02. The van der Waals surface area contributed by atoms with Crippen LogP contribution in [0.4, 0.5) is 0 Å². The first-order chi connectivity index (χ1) is 4.34. The van der Waals surface area contributed by atoms with Gasteiger partial charge in [-0.05, 0) is 11.4 Å². The van der Waals surface area contributed by atoms with E-state index in [1.807, 2.05) is 17.5 Å². The molecule has 50 valence electrons. The normalized spacial score (nSPS) is 13.6. The highest BCUT2D eigenvalue weighted by atomic mass is 35.5. The Hall–Kier alpha value is -0.0500. The lowest BCUT2D eigenvalue weighted by Crippen LogP contribution is -1.93. The molecule has 9 heavy (non-hydrogen) atoms. The molecule has 1 heterocycles. The summed E-state index contributed by atoms with van der Waals surface area (Å²) in [5.74, 6) is 0.278. The Bertz CT molecular complexity index is 162. The Balaban J connectivity index is 2.65. The molecule has 0 radical (unpaired) electrons. The van der Waals surface area contributed by atoms with Crippen molar-refractivity contribution in [3.8, 4) is 0 Å². The number of thiophene rings is 1. The molecule has 1 aromatic rings. The number of halogens is 1. The second kappa shape index (κ2) is 3.20. The molecule has 0 bridgehead atoms. The average molecular weight is 163 g/mol. The molecular formula is C6H7ClOS. The molecule has 0 amide bonds. The predicted molar refractivity (Wildman–Crippen MR) is 40.0 cm³/mol. The standard InChI is InChI=1S/C6H7ClOS/c7-4-5(8)6-2-1-3-9-6/h1-3,5,8H,4H2/t5-/m0/s1. The van der Waals surface area contributed by atoms with Crippen LogP contribution in [0, 0.1) is 0 Å². The summed E-state index contributed by atoms with van der Waals surface area (Å²) in [6, 6.07) is 3.77. The van der Waals surface area contributed by atoms with Gasteiger partial charge in [0.05, 0.1) is 5.88 Å². The monoisotopic (exact) mass is 162 g/mol. The zero-order valence-electron chi connectivity index (χ0n) is 4.75. The van der Waals surface area contributed by atoms with E-state index in [0.29, 0.717) is 0 Å². The van der Waals surface area contributed by atoms with Crippen molar-refractivity contribution in [1.29, 1.82) is 0 Å². The zero-order chi connectivity index (χ0) is 6.69. The molecule has 0 aliphatic rings. The average Bonchev–Trinajstić information content (AvgIpc) is 2.37. The molecule has 1 atom stereocenters. The van der Waals surface area contributed by atoms with E-state index in [9.17, 15) is 0 Å². The molecule has 1 rings (SSSR count). The van der Waals surface area contributed by atoms with Crippen LogP contribution in [0.2, 0.25) is 0 Å². The van der Waals surface area contributed by atoms with Gasteiger partial charge in [-0.3, -0.25) is 0 Å². The highest BCUT2D eigenvalue weighted by molar-refractivity contribution is 7.10. The van der Waals surface area contributed by atoms with Crippen molar-refractivity contribution in [3.05, 3.63) is 22.4 Å². The first kappa shape index (κ1) is 7.06. The van der Waals surface area contributed by atoms with Gasteiger partial charge in [0, 0.05) is 4.88 Å². The maximum atomic E-state index is 9.10. The number of alkyl halides is 1. The Kier molecular flexibility index (Phi) is 2.51. The maximum absolute atomic E-state index is 9.10. The Morgan fingerprint density at radius 1 is 1.78 bits per heavy atom. The summed E-state index contributed by atoms with van der Waals surface area (Å²) in [6.45, 7) is 0. The molecule has 3 heteroatoms. The van der Waals surface area contributed by atoms with Gasteiger partial charge in [-0.2, -0.15) is 0 Å². The van der Waals surface area contributed by atoms with Crippen molar-refractivity contribution < 1.29 is 5.11 Å². The van der Waals surface area contributed by atoms with Crippen molar-refractivity contribution in [2.24, 2.45) is 0 Å². The molecule has 0 aromatic carbocycles. The lowest BCUT2D eigenvalue weighted by atomic mass is 10.3. The third kappa shape index (κ3) is 1.68. The van der Waals surface area contributed by atoms with Crippen LogP contribution < -0.4 is 0 Å². The van der Waals surface area contributed by atoms with E-state index in [1.165, 1.54) is 11.3 Å². The van der Waals surface area contributed by atoms with E-state index in [0.717, 1.165) is 4.88 Å². The van der Waals surface area contributed by atoms with Gasteiger partial charge in [-0.15, -0.1) is 22.9 Å². The summed E-state index contributed by atoms with van der Waals surface area (Å²) in [4.78, 5) is 0.935. The van der Waals surface area contributed by atoms with Crippen LogP contribution in [0.1, 0.15) is 11.0 Å². The van der Waals surface area contributed by atoms with E-state index >= 15 is 0 Å². The minimum Gasteiger partial charge on any atom is -0.386 e. The second-order valence-electron chi connectivity index (χ2n) is 1.69. The molecule has 0 unspecified atom stereocenters. The Morgan fingerprint density at radius 2 is 2.56 bits per heavy atom. The quantitative estimate of drug-likeness (QED) is 0.660. The summed E-state index contributed by atoms with van der Waals surface area (Å²) in [5, 5.41) is 11.0. The highest BCUT2D eigenvalue weighted by Crippen LogP contribution is 2.18. The maximum Gasteiger partial charge on any atom is 0.102 e. The Morgan fingerprint density at radius 3 is 3.00 bits per heavy atom. The number of aliphatic hydroxyl groups excluding tert-OH is 1. The predicted octanol–water partition coefficient (Wildman–Crippen LogP) is 2.02. The summed E-state index contributed by atoms with van der Waals surface area (Å²) in [5.41, 5.74) is 0. The molecule has 1 nitrogen and oxygen atoms in total. The molecule has 0 saturated heterocycles. The molecule has 0 fully saturated rings. The smallest absolute Gasteiger partial charge is 0.102 e. The summed E-state index contributed by atoms with van der Waals surface area (Å²) in [6.07, 6.45) is -0.480. The second-order valence-corrected chi connectivity index (χ2v) is 2.97. The fraction of sp³-hybridized carbons (Fsp3) is 0.333. The highest BCUT2D eigenvalue weighted by Gasteiger charge is 2.04. The van der Waals surface area contributed by atoms with Gasteiger partial charge < -0.3 is 5.11 Å². The van der Waals surface area contributed by atoms with E-state index in [1.54, 1.807) is 0 Å². The van der Waals surface area contributed by atoms with E-state index in [-0.39, 0.29) is 5.88 Å². The minimum absolute atomic E-state index is 0.278. The largest absolute Gasteiger partial charge is 0.386 e. The fourth-order valence-electron chi connectivity index (χ4n) is 0.557. The lowest BCUT2D eigenvalue weighted by Gasteiger charge is -1.99. The summed E-state index contributed by atoms with van der Waals surface area (Å²) < 4.78 is 0. The topological polar surface area (TPSA) is 20.2 Å². The van der Waals surface area contributed by atoms with Crippen LogP contribution >= 0.6 is 22.9 Å². The molecular weight excluding hydrogens is 156 g/mol. The molecule has 0 spiro atoms. The first-order valence-electron chi connectivity index (χ1n) is 2.62. The number of aliphatic hydroxyl groups is 1. The van der Waals surface area contributed by atoms with Gasteiger partial charge in [-0.25, -0.2) is 0 Å². The van der Waals surface area contributed by atoms with Crippen LogP contribution in [0.25, 0.3) is 0 Å². The van der Waals surface area contributed by atoms with Crippen LogP contribution in [0.15, 0.2) is 17.5 Å². The van der Waals surface area contributed by atoms with E-state index in [4.69, 9.17) is 16.7 Å². The molecule has 0 aliphatic heterocycles. The van der Waals surface area contributed by atoms with E-state index < -0.39 is 6.10 Å². The Labute approximate surface area is 62.9 Å². The van der Waals surface area contributed by atoms with Gasteiger partial charge in [0.25, 0.3) is 0 Å². The van der Waals surface area contributed by atoms with Crippen molar-refractivity contribution in [3.63, 3.8) is 0 Å². The first-order valence-corrected chi connectivity index (χ1v) is 4.03. The molecule has 0 saturated carbocycles. The van der Waals surface area contributed by atoms with Crippen molar-refractivity contribution >= 4 is 22.9 Å².